The molecule has 0 spiro atoms. The first-order valence-electron chi connectivity index (χ1n) is 6.59. The first-order valence-corrected chi connectivity index (χ1v) is 6.59. The number of carbonyl (C=O) groups is 2. The van der Waals surface area contributed by atoms with E-state index in [-0.39, 0.29) is 23.9 Å². The number of likely N-dealkylation sites (tertiary alicyclic amines) is 2. The van der Waals surface area contributed by atoms with Gasteiger partial charge in [0.15, 0.2) is 0 Å². The van der Waals surface area contributed by atoms with E-state index in [0.717, 1.165) is 32.4 Å². The average molecular weight is 238 g/mol. The molecule has 0 aromatic rings. The van der Waals surface area contributed by atoms with Crippen molar-refractivity contribution < 1.29 is 9.59 Å². The molecule has 2 fully saturated rings. The summed E-state index contributed by atoms with van der Waals surface area (Å²) < 4.78 is 0. The third kappa shape index (κ3) is 2.61. The molecule has 0 N–H and O–H groups in total. The molecule has 2 saturated heterocycles. The van der Waals surface area contributed by atoms with Gasteiger partial charge >= 0.3 is 0 Å². The van der Waals surface area contributed by atoms with Gasteiger partial charge in [-0.1, -0.05) is 0 Å². The summed E-state index contributed by atoms with van der Waals surface area (Å²) in [5, 5.41) is 0. The highest BCUT2D eigenvalue weighted by Gasteiger charge is 2.39. The van der Waals surface area contributed by atoms with E-state index in [1.54, 1.807) is 4.90 Å². The lowest BCUT2D eigenvalue weighted by molar-refractivity contribution is -0.141. The summed E-state index contributed by atoms with van der Waals surface area (Å²) in [6.45, 7) is 6.08. The number of rotatable bonds is 2. The molecule has 2 aliphatic heterocycles. The Labute approximate surface area is 103 Å². The number of carbonyl (C=O) groups excluding carboxylic acids is 2. The summed E-state index contributed by atoms with van der Waals surface area (Å²) >= 11 is 0. The fourth-order valence-electron chi connectivity index (χ4n) is 2.70. The molecule has 0 atom stereocenters. The van der Waals surface area contributed by atoms with Gasteiger partial charge in [-0.3, -0.25) is 9.59 Å². The first kappa shape index (κ1) is 12.4. The lowest BCUT2D eigenvalue weighted by atomic mass is 10.0. The predicted octanol–water partition coefficient (Wildman–Crippen LogP) is 1.40. The molecule has 0 unspecified atom stereocenters. The molecule has 0 aromatic heterocycles. The highest BCUT2D eigenvalue weighted by atomic mass is 16.2. The largest absolute Gasteiger partial charge is 0.341 e. The lowest BCUT2D eigenvalue weighted by Crippen LogP contribution is -2.48. The Kier molecular flexibility index (Phi) is 3.40. The zero-order valence-corrected chi connectivity index (χ0v) is 10.9. The molecule has 96 valence electrons. The fourth-order valence-corrected chi connectivity index (χ4v) is 2.70. The van der Waals surface area contributed by atoms with Gasteiger partial charge in [0.1, 0.15) is 6.54 Å². The van der Waals surface area contributed by atoms with Crippen LogP contribution in [0.3, 0.4) is 0 Å². The molecule has 2 rings (SSSR count). The van der Waals surface area contributed by atoms with Crippen molar-refractivity contribution in [1.29, 1.82) is 0 Å². The van der Waals surface area contributed by atoms with Crippen molar-refractivity contribution in [3.05, 3.63) is 0 Å². The summed E-state index contributed by atoms with van der Waals surface area (Å²) in [5.41, 5.74) is -0.150. The Morgan fingerprint density at radius 1 is 1.24 bits per heavy atom. The molecule has 0 saturated carbocycles. The minimum atomic E-state index is -0.150. The van der Waals surface area contributed by atoms with Gasteiger partial charge in [-0.2, -0.15) is 0 Å². The summed E-state index contributed by atoms with van der Waals surface area (Å²) in [5.74, 6) is 0.244. The second kappa shape index (κ2) is 4.67. The van der Waals surface area contributed by atoms with E-state index in [4.69, 9.17) is 0 Å². The van der Waals surface area contributed by atoms with E-state index in [1.807, 2.05) is 18.7 Å². The van der Waals surface area contributed by atoms with Crippen molar-refractivity contribution in [1.82, 2.24) is 9.80 Å². The van der Waals surface area contributed by atoms with Crippen LogP contribution in [0.25, 0.3) is 0 Å². The fraction of sp³-hybridized carbons (Fsp3) is 0.846. The molecule has 2 amide bonds. The van der Waals surface area contributed by atoms with Crippen LogP contribution >= 0.6 is 0 Å². The van der Waals surface area contributed by atoms with Gasteiger partial charge in [0.2, 0.25) is 11.8 Å². The standard InChI is InChI=1S/C13H22N2O2/c1-13(2)7-6-11(16)15(13)10-12(17)14-8-4-3-5-9-14/h3-10H2,1-2H3. The molecular weight excluding hydrogens is 216 g/mol. The minimum Gasteiger partial charge on any atom is -0.341 e. The normalized spacial score (nSPS) is 24.2. The number of nitrogens with zero attached hydrogens (tertiary/aromatic N) is 2. The number of amides is 2. The number of piperidine rings is 1. The van der Waals surface area contributed by atoms with Crippen molar-refractivity contribution in [3.8, 4) is 0 Å². The quantitative estimate of drug-likeness (QED) is 0.729. The highest BCUT2D eigenvalue weighted by Crippen LogP contribution is 2.29. The van der Waals surface area contributed by atoms with Crippen LogP contribution in [-0.4, -0.2) is 46.8 Å². The summed E-state index contributed by atoms with van der Waals surface area (Å²) in [6, 6.07) is 0. The topological polar surface area (TPSA) is 40.6 Å². The molecule has 0 aromatic carbocycles. The van der Waals surface area contributed by atoms with Gasteiger partial charge in [-0.05, 0) is 39.5 Å². The van der Waals surface area contributed by atoms with E-state index < -0.39 is 0 Å². The van der Waals surface area contributed by atoms with Crippen LogP contribution in [0.1, 0.15) is 46.0 Å². The predicted molar refractivity (Wildman–Crippen MR) is 65.5 cm³/mol. The van der Waals surface area contributed by atoms with Gasteiger partial charge in [0, 0.05) is 25.0 Å². The molecule has 0 aliphatic carbocycles. The summed E-state index contributed by atoms with van der Waals surface area (Å²) in [4.78, 5) is 27.5. The maximum absolute atomic E-state index is 12.1. The highest BCUT2D eigenvalue weighted by molar-refractivity contribution is 5.86. The zero-order valence-electron chi connectivity index (χ0n) is 10.9. The van der Waals surface area contributed by atoms with E-state index in [9.17, 15) is 9.59 Å². The Hall–Kier alpha value is -1.06. The smallest absolute Gasteiger partial charge is 0.242 e. The maximum Gasteiger partial charge on any atom is 0.242 e. The van der Waals surface area contributed by atoms with Gasteiger partial charge in [0.25, 0.3) is 0 Å². The second-order valence-corrected chi connectivity index (χ2v) is 5.73. The Balaban J connectivity index is 1.95. The van der Waals surface area contributed by atoms with Crippen molar-refractivity contribution in [3.63, 3.8) is 0 Å². The van der Waals surface area contributed by atoms with Crippen LogP contribution in [0, 0.1) is 0 Å². The van der Waals surface area contributed by atoms with Crippen LogP contribution in [-0.2, 0) is 9.59 Å². The SMILES string of the molecule is CC1(C)CCC(=O)N1CC(=O)N1CCCCC1. The van der Waals surface area contributed by atoms with Crippen molar-refractivity contribution >= 4 is 11.8 Å². The first-order chi connectivity index (χ1) is 8.00. The van der Waals surface area contributed by atoms with Gasteiger partial charge in [-0.15, -0.1) is 0 Å². The molecule has 2 heterocycles. The summed E-state index contributed by atoms with van der Waals surface area (Å²) in [6.07, 6.45) is 4.86. The molecular formula is C13H22N2O2. The van der Waals surface area contributed by atoms with E-state index in [2.05, 4.69) is 0 Å². The van der Waals surface area contributed by atoms with Gasteiger partial charge in [0.05, 0.1) is 0 Å². The van der Waals surface area contributed by atoms with E-state index in [0.29, 0.717) is 6.42 Å². The van der Waals surface area contributed by atoms with Crippen LogP contribution in [0.4, 0.5) is 0 Å². The second-order valence-electron chi connectivity index (χ2n) is 5.73. The van der Waals surface area contributed by atoms with Crippen LogP contribution in [0.5, 0.6) is 0 Å². The molecule has 17 heavy (non-hydrogen) atoms. The number of hydrogen-bond donors (Lipinski definition) is 0. The molecule has 0 radical (unpaired) electrons. The Morgan fingerprint density at radius 3 is 2.41 bits per heavy atom. The monoisotopic (exact) mass is 238 g/mol. The van der Waals surface area contributed by atoms with Crippen LogP contribution < -0.4 is 0 Å². The zero-order chi connectivity index (χ0) is 12.5. The van der Waals surface area contributed by atoms with Crippen molar-refractivity contribution in [2.45, 2.75) is 51.5 Å². The third-order valence-corrected chi connectivity index (χ3v) is 3.98. The molecule has 2 aliphatic rings. The van der Waals surface area contributed by atoms with E-state index in [1.165, 1.54) is 6.42 Å². The number of hydrogen-bond acceptors (Lipinski definition) is 2. The molecule has 4 nitrogen and oxygen atoms in total. The lowest BCUT2D eigenvalue weighted by Gasteiger charge is -2.34. The minimum absolute atomic E-state index is 0.119. The Morgan fingerprint density at radius 2 is 1.88 bits per heavy atom. The van der Waals surface area contributed by atoms with Crippen molar-refractivity contribution in [2.75, 3.05) is 19.6 Å². The maximum atomic E-state index is 12.1. The van der Waals surface area contributed by atoms with Crippen LogP contribution in [0.2, 0.25) is 0 Å². The van der Waals surface area contributed by atoms with Gasteiger partial charge < -0.3 is 9.80 Å². The Bertz CT molecular complexity index is 319. The third-order valence-electron chi connectivity index (χ3n) is 3.98. The van der Waals surface area contributed by atoms with Crippen molar-refractivity contribution in [2.24, 2.45) is 0 Å². The van der Waals surface area contributed by atoms with Crippen LogP contribution in [0.15, 0.2) is 0 Å². The molecule has 4 heteroatoms. The average Bonchev–Trinajstić information content (AvgIpc) is 2.57. The van der Waals surface area contributed by atoms with E-state index >= 15 is 0 Å². The molecule has 0 bridgehead atoms. The summed E-state index contributed by atoms with van der Waals surface area (Å²) in [7, 11) is 0. The van der Waals surface area contributed by atoms with Gasteiger partial charge in [-0.25, -0.2) is 0 Å².